The third kappa shape index (κ3) is 3.73. The Morgan fingerprint density at radius 3 is 3.00 bits per heavy atom. The molecular formula is C11H22N2O3. The van der Waals surface area contributed by atoms with Gasteiger partial charge in [-0.2, -0.15) is 0 Å². The van der Waals surface area contributed by atoms with Crippen LogP contribution in [0.4, 0.5) is 0 Å². The SMILES string of the molecule is CCC1CN(CC(NC)C(=O)OC)CCO1. The van der Waals surface area contributed by atoms with Crippen LogP contribution in [0.1, 0.15) is 13.3 Å². The van der Waals surface area contributed by atoms with Gasteiger partial charge in [0.05, 0.1) is 19.8 Å². The summed E-state index contributed by atoms with van der Waals surface area (Å²) in [5.74, 6) is -0.206. The lowest BCUT2D eigenvalue weighted by Gasteiger charge is -2.34. The van der Waals surface area contributed by atoms with E-state index < -0.39 is 0 Å². The summed E-state index contributed by atoms with van der Waals surface area (Å²) >= 11 is 0. The van der Waals surface area contributed by atoms with Gasteiger partial charge in [0.25, 0.3) is 0 Å². The molecular weight excluding hydrogens is 208 g/mol. The van der Waals surface area contributed by atoms with Gasteiger partial charge in [-0.25, -0.2) is 0 Å². The first-order valence-corrected chi connectivity index (χ1v) is 5.80. The molecule has 94 valence electrons. The zero-order valence-corrected chi connectivity index (χ0v) is 10.4. The molecule has 2 atom stereocenters. The van der Waals surface area contributed by atoms with Gasteiger partial charge in [0.2, 0.25) is 0 Å². The number of hydrogen-bond acceptors (Lipinski definition) is 5. The number of carbonyl (C=O) groups is 1. The maximum Gasteiger partial charge on any atom is 0.324 e. The number of morpholine rings is 1. The minimum absolute atomic E-state index is 0.206. The van der Waals surface area contributed by atoms with Crippen LogP contribution in [0.25, 0.3) is 0 Å². The highest BCUT2D eigenvalue weighted by molar-refractivity contribution is 5.75. The van der Waals surface area contributed by atoms with Crippen LogP contribution in [-0.2, 0) is 14.3 Å². The number of nitrogens with zero attached hydrogens (tertiary/aromatic N) is 1. The Labute approximate surface area is 97.1 Å². The molecule has 0 aromatic heterocycles. The molecule has 1 rings (SSSR count). The summed E-state index contributed by atoms with van der Waals surface area (Å²) in [6.07, 6.45) is 1.31. The molecule has 5 heteroatoms. The normalized spacial score (nSPS) is 24.1. The molecule has 0 saturated carbocycles. The van der Waals surface area contributed by atoms with E-state index in [0.29, 0.717) is 12.6 Å². The molecule has 1 fully saturated rings. The van der Waals surface area contributed by atoms with E-state index in [1.807, 2.05) is 0 Å². The van der Waals surface area contributed by atoms with Gasteiger partial charge >= 0.3 is 5.97 Å². The Morgan fingerprint density at radius 1 is 1.69 bits per heavy atom. The first-order chi connectivity index (χ1) is 7.71. The van der Waals surface area contributed by atoms with E-state index in [-0.39, 0.29) is 12.0 Å². The maximum atomic E-state index is 11.4. The smallest absolute Gasteiger partial charge is 0.324 e. The second-order valence-corrected chi connectivity index (χ2v) is 4.03. The summed E-state index contributed by atoms with van der Waals surface area (Å²) in [6.45, 7) is 5.32. The lowest BCUT2D eigenvalue weighted by molar-refractivity contribution is -0.144. The summed E-state index contributed by atoms with van der Waals surface area (Å²) in [5, 5.41) is 2.98. The van der Waals surface area contributed by atoms with Gasteiger partial charge < -0.3 is 14.8 Å². The van der Waals surface area contributed by atoms with Crippen LogP contribution in [-0.4, -0.2) is 63.4 Å². The highest BCUT2D eigenvalue weighted by Gasteiger charge is 2.24. The van der Waals surface area contributed by atoms with Crippen molar-refractivity contribution in [3.8, 4) is 0 Å². The van der Waals surface area contributed by atoms with E-state index >= 15 is 0 Å². The third-order valence-corrected chi connectivity index (χ3v) is 2.95. The topological polar surface area (TPSA) is 50.8 Å². The number of nitrogens with one attached hydrogen (secondary N) is 1. The van der Waals surface area contributed by atoms with Crippen molar-refractivity contribution >= 4 is 5.97 Å². The Hall–Kier alpha value is -0.650. The molecule has 1 aliphatic heterocycles. The standard InChI is InChI=1S/C11H22N2O3/c1-4-9-7-13(5-6-16-9)8-10(12-2)11(14)15-3/h9-10,12H,4-8H2,1-3H3. The molecule has 1 heterocycles. The molecule has 1 saturated heterocycles. The fourth-order valence-electron chi connectivity index (χ4n) is 1.88. The molecule has 5 nitrogen and oxygen atoms in total. The molecule has 0 spiro atoms. The van der Waals surface area contributed by atoms with Gasteiger partial charge in [-0.05, 0) is 13.5 Å². The molecule has 0 bridgehead atoms. The van der Waals surface area contributed by atoms with Crippen molar-refractivity contribution in [2.24, 2.45) is 0 Å². The quantitative estimate of drug-likeness (QED) is 0.666. The van der Waals surface area contributed by atoms with Crippen molar-refractivity contribution < 1.29 is 14.3 Å². The average Bonchev–Trinajstić information content (AvgIpc) is 2.35. The van der Waals surface area contributed by atoms with Gasteiger partial charge in [-0.15, -0.1) is 0 Å². The van der Waals surface area contributed by atoms with Crippen LogP contribution in [0.5, 0.6) is 0 Å². The Kier molecular flexibility index (Phi) is 5.73. The van der Waals surface area contributed by atoms with E-state index in [2.05, 4.69) is 17.1 Å². The minimum atomic E-state index is -0.249. The van der Waals surface area contributed by atoms with Gasteiger partial charge in [0.1, 0.15) is 6.04 Å². The lowest BCUT2D eigenvalue weighted by atomic mass is 10.2. The molecule has 1 N–H and O–H groups in total. The second kappa shape index (κ2) is 6.83. The summed E-state index contributed by atoms with van der Waals surface area (Å²) in [4.78, 5) is 13.7. The summed E-state index contributed by atoms with van der Waals surface area (Å²) in [7, 11) is 3.19. The lowest BCUT2D eigenvalue weighted by Crippen LogP contribution is -2.50. The number of carbonyl (C=O) groups excluding carboxylic acids is 1. The molecule has 0 aliphatic carbocycles. The van der Waals surface area contributed by atoms with E-state index in [1.54, 1.807) is 7.05 Å². The van der Waals surface area contributed by atoms with Gasteiger partial charge in [-0.3, -0.25) is 9.69 Å². The van der Waals surface area contributed by atoms with Crippen molar-refractivity contribution in [3.05, 3.63) is 0 Å². The highest BCUT2D eigenvalue weighted by Crippen LogP contribution is 2.08. The van der Waals surface area contributed by atoms with Gasteiger partial charge in [-0.1, -0.05) is 6.92 Å². The van der Waals surface area contributed by atoms with E-state index in [4.69, 9.17) is 9.47 Å². The van der Waals surface area contributed by atoms with Crippen molar-refractivity contribution in [2.45, 2.75) is 25.5 Å². The molecule has 0 aromatic rings. The Balaban J connectivity index is 2.42. The number of methoxy groups -OCH3 is 1. The van der Waals surface area contributed by atoms with Crippen LogP contribution in [0.2, 0.25) is 0 Å². The van der Waals surface area contributed by atoms with Gasteiger partial charge in [0, 0.05) is 19.6 Å². The van der Waals surface area contributed by atoms with Crippen molar-refractivity contribution in [2.75, 3.05) is 40.4 Å². The van der Waals surface area contributed by atoms with Crippen LogP contribution in [0, 0.1) is 0 Å². The Bertz CT molecular complexity index is 223. The number of likely N-dealkylation sites (N-methyl/N-ethyl adjacent to an activating group) is 1. The van der Waals surface area contributed by atoms with Crippen LogP contribution in [0.3, 0.4) is 0 Å². The first-order valence-electron chi connectivity index (χ1n) is 5.80. The zero-order chi connectivity index (χ0) is 12.0. The number of esters is 1. The van der Waals surface area contributed by atoms with E-state index in [1.165, 1.54) is 7.11 Å². The fourth-order valence-corrected chi connectivity index (χ4v) is 1.88. The van der Waals surface area contributed by atoms with Crippen molar-refractivity contribution in [3.63, 3.8) is 0 Å². The predicted molar refractivity (Wildman–Crippen MR) is 61.3 cm³/mol. The highest BCUT2D eigenvalue weighted by atomic mass is 16.5. The monoisotopic (exact) mass is 230 g/mol. The molecule has 16 heavy (non-hydrogen) atoms. The minimum Gasteiger partial charge on any atom is -0.468 e. The van der Waals surface area contributed by atoms with E-state index in [9.17, 15) is 4.79 Å². The maximum absolute atomic E-state index is 11.4. The third-order valence-electron chi connectivity index (χ3n) is 2.95. The van der Waals surface area contributed by atoms with Crippen LogP contribution >= 0.6 is 0 Å². The molecule has 0 radical (unpaired) electrons. The number of ether oxygens (including phenoxy) is 2. The van der Waals surface area contributed by atoms with Gasteiger partial charge in [0.15, 0.2) is 0 Å². The summed E-state index contributed by atoms with van der Waals surface area (Å²) < 4.78 is 10.3. The van der Waals surface area contributed by atoms with Crippen molar-refractivity contribution in [1.29, 1.82) is 0 Å². The molecule has 0 aromatic carbocycles. The number of rotatable bonds is 5. The summed E-state index contributed by atoms with van der Waals surface area (Å²) in [6, 6.07) is -0.249. The fraction of sp³-hybridized carbons (Fsp3) is 0.909. The van der Waals surface area contributed by atoms with Crippen LogP contribution in [0.15, 0.2) is 0 Å². The largest absolute Gasteiger partial charge is 0.468 e. The molecule has 1 aliphatic rings. The number of hydrogen-bond donors (Lipinski definition) is 1. The Morgan fingerprint density at radius 2 is 2.44 bits per heavy atom. The summed E-state index contributed by atoms with van der Waals surface area (Å²) in [5.41, 5.74) is 0. The predicted octanol–water partition coefficient (Wildman–Crippen LogP) is -0.142. The second-order valence-electron chi connectivity index (χ2n) is 4.03. The molecule has 2 unspecified atom stereocenters. The molecule has 0 amide bonds. The zero-order valence-electron chi connectivity index (χ0n) is 10.4. The van der Waals surface area contributed by atoms with Crippen LogP contribution < -0.4 is 5.32 Å². The van der Waals surface area contributed by atoms with Crippen molar-refractivity contribution in [1.82, 2.24) is 10.2 Å². The van der Waals surface area contributed by atoms with E-state index in [0.717, 1.165) is 26.1 Å². The first kappa shape index (κ1) is 13.4. The average molecular weight is 230 g/mol.